The van der Waals surface area contributed by atoms with Gasteiger partial charge in [-0.15, -0.1) is 0 Å². The highest BCUT2D eigenvalue weighted by molar-refractivity contribution is 4.81. The maximum Gasteiger partial charge on any atom is 0.0110 e. The van der Waals surface area contributed by atoms with E-state index in [2.05, 4.69) is 17.1 Å². The summed E-state index contributed by atoms with van der Waals surface area (Å²) in [6, 6.07) is 0.906. The molecule has 2 rings (SSSR count). The van der Waals surface area contributed by atoms with E-state index in [1.54, 1.807) is 0 Å². The lowest BCUT2D eigenvalue weighted by atomic mass is 9.83. The van der Waals surface area contributed by atoms with Crippen LogP contribution in [0.15, 0.2) is 0 Å². The van der Waals surface area contributed by atoms with Gasteiger partial charge in [-0.05, 0) is 38.3 Å². The molecular formula is C13H26N2. The molecule has 1 saturated carbocycles. The van der Waals surface area contributed by atoms with Crippen molar-refractivity contribution < 1.29 is 0 Å². The predicted molar refractivity (Wildman–Crippen MR) is 65.1 cm³/mol. The summed E-state index contributed by atoms with van der Waals surface area (Å²) in [6.45, 7) is 7.39. The second-order valence-electron chi connectivity index (χ2n) is 5.23. The second kappa shape index (κ2) is 5.86. The summed E-state index contributed by atoms with van der Waals surface area (Å²) in [5.74, 6) is 1.01. The Morgan fingerprint density at radius 3 is 2.93 bits per heavy atom. The Morgan fingerprint density at radius 2 is 2.07 bits per heavy atom. The quantitative estimate of drug-likeness (QED) is 0.752. The average molecular weight is 210 g/mol. The molecular weight excluding hydrogens is 184 g/mol. The molecule has 2 atom stereocenters. The molecule has 0 amide bonds. The first kappa shape index (κ1) is 11.4. The smallest absolute Gasteiger partial charge is 0.0110 e. The third kappa shape index (κ3) is 3.18. The van der Waals surface area contributed by atoms with Gasteiger partial charge in [0.1, 0.15) is 0 Å². The van der Waals surface area contributed by atoms with E-state index in [4.69, 9.17) is 0 Å². The Bertz CT molecular complexity index is 173. The summed E-state index contributed by atoms with van der Waals surface area (Å²) in [5.41, 5.74) is 0. The van der Waals surface area contributed by atoms with E-state index in [0.29, 0.717) is 0 Å². The van der Waals surface area contributed by atoms with Crippen LogP contribution in [0.2, 0.25) is 0 Å². The molecule has 0 aromatic carbocycles. The standard InChI is InChI=1S/C13H26N2/c1-2-12-5-3-6-13(11-12)15-9-4-7-14-8-10-15/h12-14H,2-11H2,1H3. The van der Waals surface area contributed by atoms with E-state index in [9.17, 15) is 0 Å². The van der Waals surface area contributed by atoms with E-state index in [1.165, 1.54) is 64.7 Å². The largest absolute Gasteiger partial charge is 0.315 e. The molecule has 2 nitrogen and oxygen atoms in total. The summed E-state index contributed by atoms with van der Waals surface area (Å²) in [5, 5.41) is 3.50. The normalized spacial score (nSPS) is 35.0. The fourth-order valence-corrected chi connectivity index (χ4v) is 3.20. The van der Waals surface area contributed by atoms with Crippen LogP contribution in [-0.2, 0) is 0 Å². The molecule has 15 heavy (non-hydrogen) atoms. The monoisotopic (exact) mass is 210 g/mol. The fourth-order valence-electron chi connectivity index (χ4n) is 3.20. The third-order valence-electron chi connectivity index (χ3n) is 4.22. The summed E-state index contributed by atoms with van der Waals surface area (Å²) in [4.78, 5) is 2.75. The number of hydrogen-bond donors (Lipinski definition) is 1. The predicted octanol–water partition coefficient (Wildman–Crippen LogP) is 2.25. The highest BCUT2D eigenvalue weighted by atomic mass is 15.2. The minimum atomic E-state index is 0.906. The molecule has 1 heterocycles. The molecule has 2 aliphatic rings. The molecule has 0 spiro atoms. The zero-order valence-corrected chi connectivity index (χ0v) is 10.2. The van der Waals surface area contributed by atoms with Crippen LogP contribution in [0, 0.1) is 5.92 Å². The Balaban J connectivity index is 1.84. The van der Waals surface area contributed by atoms with Crippen LogP contribution in [0.4, 0.5) is 0 Å². The van der Waals surface area contributed by atoms with Crippen molar-refractivity contribution in [3.8, 4) is 0 Å². The van der Waals surface area contributed by atoms with Crippen molar-refractivity contribution in [2.24, 2.45) is 5.92 Å². The summed E-state index contributed by atoms with van der Waals surface area (Å²) < 4.78 is 0. The highest BCUT2D eigenvalue weighted by Crippen LogP contribution is 2.29. The van der Waals surface area contributed by atoms with Gasteiger partial charge in [-0.3, -0.25) is 4.90 Å². The van der Waals surface area contributed by atoms with Gasteiger partial charge in [0.25, 0.3) is 0 Å². The van der Waals surface area contributed by atoms with Gasteiger partial charge in [0.15, 0.2) is 0 Å². The van der Waals surface area contributed by atoms with Crippen molar-refractivity contribution in [1.82, 2.24) is 10.2 Å². The van der Waals surface area contributed by atoms with Gasteiger partial charge in [0, 0.05) is 19.1 Å². The van der Waals surface area contributed by atoms with Gasteiger partial charge in [-0.2, -0.15) is 0 Å². The molecule has 0 radical (unpaired) electrons. The molecule has 1 aliphatic heterocycles. The Morgan fingerprint density at radius 1 is 1.13 bits per heavy atom. The lowest BCUT2D eigenvalue weighted by molar-refractivity contribution is 0.135. The lowest BCUT2D eigenvalue weighted by Gasteiger charge is -2.36. The van der Waals surface area contributed by atoms with Crippen molar-refractivity contribution >= 4 is 0 Å². The number of hydrogen-bond acceptors (Lipinski definition) is 2. The van der Waals surface area contributed by atoms with Crippen LogP contribution < -0.4 is 5.32 Å². The first-order chi connectivity index (χ1) is 7.40. The first-order valence-electron chi connectivity index (χ1n) is 6.85. The average Bonchev–Trinajstić information content (AvgIpc) is 2.58. The van der Waals surface area contributed by atoms with Crippen LogP contribution in [0.25, 0.3) is 0 Å². The summed E-state index contributed by atoms with van der Waals surface area (Å²) in [7, 11) is 0. The minimum Gasteiger partial charge on any atom is -0.315 e. The summed E-state index contributed by atoms with van der Waals surface area (Å²) in [6.07, 6.45) is 8.61. The molecule has 2 heteroatoms. The van der Waals surface area contributed by atoms with Gasteiger partial charge in [0.2, 0.25) is 0 Å². The zero-order valence-electron chi connectivity index (χ0n) is 10.2. The molecule has 0 bridgehead atoms. The maximum absolute atomic E-state index is 3.50. The van der Waals surface area contributed by atoms with Crippen molar-refractivity contribution in [1.29, 1.82) is 0 Å². The minimum absolute atomic E-state index is 0.906. The molecule has 1 saturated heterocycles. The van der Waals surface area contributed by atoms with Crippen LogP contribution in [0.3, 0.4) is 0 Å². The third-order valence-corrected chi connectivity index (χ3v) is 4.22. The van der Waals surface area contributed by atoms with Crippen molar-refractivity contribution in [2.75, 3.05) is 26.2 Å². The maximum atomic E-state index is 3.50. The number of nitrogens with zero attached hydrogens (tertiary/aromatic N) is 1. The van der Waals surface area contributed by atoms with Crippen molar-refractivity contribution in [3.63, 3.8) is 0 Å². The van der Waals surface area contributed by atoms with E-state index in [-0.39, 0.29) is 0 Å². The van der Waals surface area contributed by atoms with Gasteiger partial charge in [0.05, 0.1) is 0 Å². The first-order valence-corrected chi connectivity index (χ1v) is 6.85. The highest BCUT2D eigenvalue weighted by Gasteiger charge is 2.25. The number of nitrogens with one attached hydrogen (secondary N) is 1. The van der Waals surface area contributed by atoms with Crippen LogP contribution >= 0.6 is 0 Å². The topological polar surface area (TPSA) is 15.3 Å². The van der Waals surface area contributed by atoms with Gasteiger partial charge < -0.3 is 5.32 Å². The second-order valence-corrected chi connectivity index (χ2v) is 5.23. The Labute approximate surface area is 94.4 Å². The van der Waals surface area contributed by atoms with Gasteiger partial charge >= 0.3 is 0 Å². The SMILES string of the molecule is CCC1CCCC(N2CCCNCC2)C1. The van der Waals surface area contributed by atoms with E-state index >= 15 is 0 Å². The Kier molecular flexibility index (Phi) is 4.45. The van der Waals surface area contributed by atoms with E-state index in [0.717, 1.165) is 12.0 Å². The summed E-state index contributed by atoms with van der Waals surface area (Å²) >= 11 is 0. The van der Waals surface area contributed by atoms with Crippen molar-refractivity contribution in [2.45, 2.75) is 51.5 Å². The molecule has 1 aliphatic carbocycles. The molecule has 2 unspecified atom stereocenters. The Hall–Kier alpha value is -0.0800. The van der Waals surface area contributed by atoms with E-state index in [1.807, 2.05) is 0 Å². The van der Waals surface area contributed by atoms with E-state index < -0.39 is 0 Å². The zero-order chi connectivity index (χ0) is 10.5. The van der Waals surface area contributed by atoms with Crippen LogP contribution in [0.5, 0.6) is 0 Å². The molecule has 2 fully saturated rings. The van der Waals surface area contributed by atoms with Crippen LogP contribution in [0.1, 0.15) is 45.4 Å². The van der Waals surface area contributed by atoms with Crippen molar-refractivity contribution in [3.05, 3.63) is 0 Å². The van der Waals surface area contributed by atoms with Gasteiger partial charge in [-0.1, -0.05) is 26.2 Å². The number of rotatable bonds is 2. The lowest BCUT2D eigenvalue weighted by Crippen LogP contribution is -2.40. The fraction of sp³-hybridized carbons (Fsp3) is 1.00. The van der Waals surface area contributed by atoms with Crippen LogP contribution in [-0.4, -0.2) is 37.1 Å². The molecule has 0 aromatic rings. The molecule has 1 N–H and O–H groups in total. The molecule has 88 valence electrons. The van der Waals surface area contributed by atoms with Gasteiger partial charge in [-0.25, -0.2) is 0 Å². The molecule has 0 aromatic heterocycles.